The Hall–Kier alpha value is -3.32. The first-order valence-corrected chi connectivity index (χ1v) is 9.49. The highest BCUT2D eigenvalue weighted by Crippen LogP contribution is 2.42. The Morgan fingerprint density at radius 3 is 2.37 bits per heavy atom. The van der Waals surface area contributed by atoms with E-state index >= 15 is 0 Å². The number of methoxy groups -OCH3 is 3. The van der Waals surface area contributed by atoms with E-state index in [-0.39, 0.29) is 24.5 Å². The molecule has 1 amide bonds. The van der Waals surface area contributed by atoms with Crippen molar-refractivity contribution < 1.29 is 28.9 Å². The molecule has 7 heteroatoms. The summed E-state index contributed by atoms with van der Waals surface area (Å²) in [7, 11) is 4.60. The molecule has 0 bridgehead atoms. The minimum absolute atomic E-state index is 0.0187. The molecule has 0 aliphatic carbocycles. The first-order valence-electron chi connectivity index (χ1n) is 9.49. The van der Waals surface area contributed by atoms with Crippen molar-refractivity contribution >= 4 is 17.4 Å². The Morgan fingerprint density at radius 2 is 1.73 bits per heavy atom. The number of hydrogen-bond donors (Lipinski definition) is 1. The maximum atomic E-state index is 13.0. The Kier molecular flexibility index (Phi) is 6.42. The Morgan fingerprint density at radius 1 is 1.03 bits per heavy atom. The molecule has 1 fully saturated rings. The number of amides is 1. The lowest BCUT2D eigenvalue weighted by molar-refractivity contribution is -0.140. The molecule has 2 aromatic rings. The van der Waals surface area contributed by atoms with Crippen LogP contribution in [0.4, 0.5) is 0 Å². The van der Waals surface area contributed by atoms with Crippen molar-refractivity contribution in [3.8, 4) is 11.5 Å². The van der Waals surface area contributed by atoms with Crippen LogP contribution in [-0.4, -0.2) is 56.2 Å². The van der Waals surface area contributed by atoms with E-state index in [4.69, 9.17) is 14.2 Å². The third kappa shape index (κ3) is 3.76. The smallest absolute Gasteiger partial charge is 0.295 e. The summed E-state index contributed by atoms with van der Waals surface area (Å²) < 4.78 is 15.9. The van der Waals surface area contributed by atoms with Gasteiger partial charge in [0.2, 0.25) is 0 Å². The van der Waals surface area contributed by atoms with Crippen molar-refractivity contribution in [2.75, 3.05) is 34.5 Å². The highest BCUT2D eigenvalue weighted by Gasteiger charge is 2.46. The second-order valence-electron chi connectivity index (χ2n) is 6.91. The number of benzene rings is 2. The van der Waals surface area contributed by atoms with Crippen LogP contribution in [0.5, 0.6) is 11.5 Å². The summed E-state index contributed by atoms with van der Waals surface area (Å²) in [5.41, 5.74) is 1.86. The van der Waals surface area contributed by atoms with Gasteiger partial charge in [-0.3, -0.25) is 9.59 Å². The number of rotatable bonds is 7. The summed E-state index contributed by atoms with van der Waals surface area (Å²) in [6.07, 6.45) is 0. The van der Waals surface area contributed by atoms with Crippen molar-refractivity contribution in [2.45, 2.75) is 13.0 Å². The molecule has 0 spiro atoms. The molecule has 1 atom stereocenters. The molecule has 7 nitrogen and oxygen atoms in total. The maximum absolute atomic E-state index is 13.0. The Bertz CT molecular complexity index is 997. The van der Waals surface area contributed by atoms with Gasteiger partial charge in [-0.2, -0.15) is 0 Å². The highest BCUT2D eigenvalue weighted by atomic mass is 16.5. The third-order valence-electron chi connectivity index (χ3n) is 5.18. The highest BCUT2D eigenvalue weighted by molar-refractivity contribution is 6.46. The summed E-state index contributed by atoms with van der Waals surface area (Å²) in [5.74, 6) is -0.491. The second-order valence-corrected chi connectivity index (χ2v) is 6.91. The molecule has 1 aliphatic rings. The van der Waals surface area contributed by atoms with Gasteiger partial charge in [-0.15, -0.1) is 0 Å². The van der Waals surface area contributed by atoms with E-state index < -0.39 is 17.7 Å². The van der Waals surface area contributed by atoms with Crippen LogP contribution in [0.15, 0.2) is 48.0 Å². The normalized spacial score (nSPS) is 18.0. The van der Waals surface area contributed by atoms with Gasteiger partial charge in [0.05, 0.1) is 32.4 Å². The minimum atomic E-state index is -0.793. The minimum Gasteiger partial charge on any atom is -0.507 e. The lowest BCUT2D eigenvalue weighted by atomic mass is 9.94. The molecule has 2 aromatic carbocycles. The van der Waals surface area contributed by atoms with Gasteiger partial charge in [-0.1, -0.05) is 18.2 Å². The average Bonchev–Trinajstić information content (AvgIpc) is 3.01. The predicted molar refractivity (Wildman–Crippen MR) is 112 cm³/mol. The summed E-state index contributed by atoms with van der Waals surface area (Å²) in [6.45, 7) is 2.28. The van der Waals surface area contributed by atoms with Crippen molar-refractivity contribution in [1.82, 2.24) is 4.90 Å². The zero-order chi connectivity index (χ0) is 21.8. The number of aliphatic hydroxyl groups is 1. The van der Waals surface area contributed by atoms with E-state index in [0.717, 1.165) is 5.56 Å². The van der Waals surface area contributed by atoms with Gasteiger partial charge in [0.1, 0.15) is 17.3 Å². The van der Waals surface area contributed by atoms with Crippen LogP contribution in [0.1, 0.15) is 22.7 Å². The first kappa shape index (κ1) is 21.4. The van der Waals surface area contributed by atoms with Gasteiger partial charge in [-0.25, -0.2) is 0 Å². The van der Waals surface area contributed by atoms with Crippen LogP contribution >= 0.6 is 0 Å². The van der Waals surface area contributed by atoms with Crippen LogP contribution in [0.2, 0.25) is 0 Å². The predicted octanol–water partition coefficient (Wildman–Crippen LogP) is 3.08. The molecule has 1 heterocycles. The maximum Gasteiger partial charge on any atom is 0.295 e. The molecule has 1 N–H and O–H groups in total. The van der Waals surface area contributed by atoms with Gasteiger partial charge in [0.25, 0.3) is 11.7 Å². The molecular formula is C23H25NO6. The number of carbonyl (C=O) groups excluding carboxylic acids is 2. The van der Waals surface area contributed by atoms with Crippen LogP contribution in [0, 0.1) is 6.92 Å². The van der Waals surface area contributed by atoms with Gasteiger partial charge >= 0.3 is 0 Å². The molecule has 158 valence electrons. The Labute approximate surface area is 175 Å². The number of para-hydroxylation sites is 1. The fourth-order valence-electron chi connectivity index (χ4n) is 3.70. The molecule has 3 rings (SSSR count). The summed E-state index contributed by atoms with van der Waals surface area (Å²) in [4.78, 5) is 27.2. The van der Waals surface area contributed by atoms with Gasteiger partial charge < -0.3 is 24.2 Å². The topological polar surface area (TPSA) is 85.3 Å². The number of nitrogens with zero attached hydrogens (tertiary/aromatic N) is 1. The lowest BCUT2D eigenvalue weighted by Gasteiger charge is -2.26. The monoisotopic (exact) mass is 411 g/mol. The van der Waals surface area contributed by atoms with Crippen molar-refractivity contribution in [2.24, 2.45) is 0 Å². The van der Waals surface area contributed by atoms with Gasteiger partial charge in [0, 0.05) is 24.8 Å². The fraction of sp³-hybridized carbons (Fsp3) is 0.304. The molecule has 1 aliphatic heterocycles. The largest absolute Gasteiger partial charge is 0.507 e. The number of aliphatic hydroxyl groups excluding tert-OH is 1. The molecule has 0 unspecified atom stereocenters. The van der Waals surface area contributed by atoms with Gasteiger partial charge in [-0.05, 0) is 36.8 Å². The molecule has 0 radical (unpaired) electrons. The molecular weight excluding hydrogens is 386 g/mol. The third-order valence-corrected chi connectivity index (χ3v) is 5.18. The summed E-state index contributed by atoms with van der Waals surface area (Å²) in [5, 5.41) is 11.1. The van der Waals surface area contributed by atoms with Gasteiger partial charge in [0.15, 0.2) is 0 Å². The summed E-state index contributed by atoms with van der Waals surface area (Å²) in [6, 6.07) is 11.4. The number of ketones is 1. The SMILES string of the molecule is COCCN1C(=O)C(=O)C(=C(O)c2ccc(OC)c(C)c2)[C@@H]1c1ccccc1OC. The summed E-state index contributed by atoms with van der Waals surface area (Å²) >= 11 is 0. The zero-order valence-electron chi connectivity index (χ0n) is 17.5. The van der Waals surface area contributed by atoms with Crippen molar-refractivity contribution in [3.63, 3.8) is 0 Å². The van der Waals surface area contributed by atoms with E-state index in [2.05, 4.69) is 0 Å². The zero-order valence-corrected chi connectivity index (χ0v) is 17.5. The number of likely N-dealkylation sites (tertiary alicyclic amines) is 1. The number of aryl methyl sites for hydroxylation is 1. The van der Waals surface area contributed by atoms with Crippen LogP contribution in [0.3, 0.4) is 0 Å². The van der Waals surface area contributed by atoms with E-state index in [0.29, 0.717) is 22.6 Å². The number of carbonyl (C=O) groups is 2. The van der Waals surface area contributed by atoms with Crippen molar-refractivity contribution in [3.05, 3.63) is 64.7 Å². The van der Waals surface area contributed by atoms with E-state index in [1.807, 2.05) is 6.92 Å². The quantitative estimate of drug-likeness (QED) is 0.428. The van der Waals surface area contributed by atoms with E-state index in [9.17, 15) is 14.7 Å². The molecule has 0 aromatic heterocycles. The number of ether oxygens (including phenoxy) is 3. The molecule has 30 heavy (non-hydrogen) atoms. The number of hydrogen-bond acceptors (Lipinski definition) is 6. The second kappa shape index (κ2) is 9.00. The van der Waals surface area contributed by atoms with E-state index in [1.54, 1.807) is 49.6 Å². The lowest BCUT2D eigenvalue weighted by Crippen LogP contribution is -2.32. The van der Waals surface area contributed by atoms with Crippen LogP contribution < -0.4 is 9.47 Å². The molecule has 1 saturated heterocycles. The first-order chi connectivity index (χ1) is 14.4. The Balaban J connectivity index is 2.21. The number of Topliss-reactive ketones (excluding diaryl/α,β-unsaturated/α-hetero) is 1. The fourth-order valence-corrected chi connectivity index (χ4v) is 3.70. The van der Waals surface area contributed by atoms with Crippen molar-refractivity contribution in [1.29, 1.82) is 0 Å². The molecule has 0 saturated carbocycles. The standard InChI is InChI=1S/C23H25NO6/c1-14-13-15(9-10-17(14)29-3)21(25)19-20(16-7-5-6-8-18(16)30-4)24(11-12-28-2)23(27)22(19)26/h5-10,13,20,25H,11-12H2,1-4H3/t20-/m0/s1. The average molecular weight is 411 g/mol. The van der Waals surface area contributed by atoms with Crippen LogP contribution in [0.25, 0.3) is 5.76 Å². The van der Waals surface area contributed by atoms with Crippen LogP contribution in [-0.2, 0) is 14.3 Å². The van der Waals surface area contributed by atoms with E-state index in [1.165, 1.54) is 19.1 Å².